The van der Waals surface area contributed by atoms with E-state index in [1.165, 1.54) is 0 Å². The van der Waals surface area contributed by atoms with Gasteiger partial charge in [0.2, 0.25) is 0 Å². The topological polar surface area (TPSA) is 30.5 Å². The van der Waals surface area contributed by atoms with Crippen LogP contribution in [0.1, 0.15) is 13.8 Å². The molecule has 0 amide bonds. The smallest absolute Gasteiger partial charge is 0.183 e. The van der Waals surface area contributed by atoms with E-state index in [9.17, 15) is 0 Å². The fourth-order valence-electron chi connectivity index (χ4n) is 0.436. The summed E-state index contributed by atoms with van der Waals surface area (Å²) in [5.74, 6) is -0.417. The molecule has 1 N–H and O–H groups in total. The van der Waals surface area contributed by atoms with Gasteiger partial charge in [-0.05, 0) is 13.8 Å². The molecule has 0 bridgehead atoms. The number of hydrogen-bond donors (Lipinski definition) is 1. The maximum Gasteiger partial charge on any atom is 0.183 e. The zero-order valence-electron chi connectivity index (χ0n) is 4.52. The molecule has 0 spiro atoms. The second-order valence-corrected chi connectivity index (χ2v) is 1.93. The van der Waals surface area contributed by atoms with E-state index in [1.54, 1.807) is 0 Å². The molecule has 3 nitrogen and oxygen atoms in total. The average molecular weight is 103 g/mol. The summed E-state index contributed by atoms with van der Waals surface area (Å²) in [5.41, 5.74) is 2.59. The van der Waals surface area contributed by atoms with E-state index in [2.05, 4.69) is 5.48 Å². The van der Waals surface area contributed by atoms with Crippen LogP contribution < -0.4 is 5.48 Å². The number of hydroxylamine groups is 1. The van der Waals surface area contributed by atoms with Crippen LogP contribution in [0.5, 0.6) is 0 Å². The minimum atomic E-state index is -0.417. The normalized spacial score (nSPS) is 28.3. The molecule has 1 saturated heterocycles. The van der Waals surface area contributed by atoms with Crippen molar-refractivity contribution in [3.8, 4) is 0 Å². The van der Waals surface area contributed by atoms with E-state index in [1.807, 2.05) is 13.8 Å². The van der Waals surface area contributed by atoms with Crippen molar-refractivity contribution >= 4 is 0 Å². The van der Waals surface area contributed by atoms with Crippen molar-refractivity contribution < 1.29 is 9.57 Å². The third-order valence-electron chi connectivity index (χ3n) is 0.797. The van der Waals surface area contributed by atoms with Gasteiger partial charge in [-0.1, -0.05) is 0 Å². The Morgan fingerprint density at radius 1 is 1.57 bits per heavy atom. The Bertz CT molecular complexity index is 64.1. The van der Waals surface area contributed by atoms with E-state index in [0.29, 0.717) is 6.73 Å². The largest absolute Gasteiger partial charge is 0.332 e. The van der Waals surface area contributed by atoms with Crippen LogP contribution in [0.3, 0.4) is 0 Å². The quantitative estimate of drug-likeness (QED) is 0.476. The molecule has 1 heterocycles. The molecule has 3 heteroatoms. The summed E-state index contributed by atoms with van der Waals surface area (Å²) in [5, 5.41) is 0. The van der Waals surface area contributed by atoms with Gasteiger partial charge in [-0.25, -0.2) is 0 Å². The number of ether oxygens (including phenoxy) is 1. The van der Waals surface area contributed by atoms with Gasteiger partial charge in [0.05, 0.1) is 0 Å². The minimum absolute atomic E-state index is 0.417. The highest BCUT2D eigenvalue weighted by atomic mass is 16.8. The summed E-state index contributed by atoms with van der Waals surface area (Å²) in [4.78, 5) is 4.87. The van der Waals surface area contributed by atoms with Gasteiger partial charge in [-0.3, -0.25) is 4.84 Å². The number of rotatable bonds is 0. The first-order chi connectivity index (χ1) is 3.21. The van der Waals surface area contributed by atoms with Gasteiger partial charge in [0.25, 0.3) is 0 Å². The highest BCUT2D eigenvalue weighted by Crippen LogP contribution is 2.12. The Morgan fingerprint density at radius 3 is 2.43 bits per heavy atom. The molecular weight excluding hydrogens is 94.0 g/mol. The van der Waals surface area contributed by atoms with Gasteiger partial charge in [0.15, 0.2) is 5.79 Å². The average Bonchev–Trinajstić information content (AvgIpc) is 1.84. The van der Waals surface area contributed by atoms with Crippen LogP contribution in [0.25, 0.3) is 0 Å². The molecule has 1 aliphatic heterocycles. The van der Waals surface area contributed by atoms with E-state index >= 15 is 0 Å². The van der Waals surface area contributed by atoms with Crippen LogP contribution in [0.2, 0.25) is 0 Å². The van der Waals surface area contributed by atoms with Gasteiger partial charge in [-0.2, -0.15) is 5.48 Å². The molecule has 0 aromatic rings. The van der Waals surface area contributed by atoms with Crippen LogP contribution in [-0.4, -0.2) is 12.5 Å². The Hall–Kier alpha value is -0.120. The van der Waals surface area contributed by atoms with Crippen molar-refractivity contribution in [2.45, 2.75) is 19.6 Å². The zero-order chi connectivity index (χ0) is 5.33. The summed E-state index contributed by atoms with van der Waals surface area (Å²) in [6.45, 7) is 4.20. The van der Waals surface area contributed by atoms with E-state index in [0.717, 1.165) is 0 Å². The van der Waals surface area contributed by atoms with Gasteiger partial charge in [0, 0.05) is 0 Å². The lowest BCUT2D eigenvalue weighted by Gasteiger charge is -2.11. The van der Waals surface area contributed by atoms with Gasteiger partial charge in [0.1, 0.15) is 6.73 Å². The summed E-state index contributed by atoms with van der Waals surface area (Å²) < 4.78 is 5.01. The molecule has 0 aromatic carbocycles. The minimum Gasteiger partial charge on any atom is -0.332 e. The Labute approximate surface area is 42.6 Å². The standard InChI is InChI=1S/C4H9NO2/c1-4(2)6-3-5-7-4/h5H,3H2,1-2H3. The van der Waals surface area contributed by atoms with Crippen molar-refractivity contribution in [1.29, 1.82) is 0 Å². The monoisotopic (exact) mass is 103 g/mol. The molecule has 0 aromatic heterocycles. The molecule has 0 unspecified atom stereocenters. The van der Waals surface area contributed by atoms with E-state index in [-0.39, 0.29) is 0 Å². The molecule has 0 radical (unpaired) electrons. The third-order valence-corrected chi connectivity index (χ3v) is 0.797. The van der Waals surface area contributed by atoms with Crippen LogP contribution in [-0.2, 0) is 9.57 Å². The highest BCUT2D eigenvalue weighted by Gasteiger charge is 2.23. The molecule has 42 valence electrons. The SMILES string of the molecule is CC1(C)OCNO1. The predicted octanol–water partition coefficient (Wildman–Crippen LogP) is 0.231. The summed E-state index contributed by atoms with van der Waals surface area (Å²) in [7, 11) is 0. The summed E-state index contributed by atoms with van der Waals surface area (Å²) in [6, 6.07) is 0. The molecule has 0 saturated carbocycles. The molecule has 0 atom stereocenters. The molecular formula is C4H9NO2. The second-order valence-electron chi connectivity index (χ2n) is 1.93. The van der Waals surface area contributed by atoms with Crippen molar-refractivity contribution in [3.05, 3.63) is 0 Å². The lowest BCUT2D eigenvalue weighted by Crippen LogP contribution is -2.20. The summed E-state index contributed by atoms with van der Waals surface area (Å²) >= 11 is 0. The molecule has 0 aliphatic carbocycles. The first-order valence-corrected chi connectivity index (χ1v) is 2.25. The first-order valence-electron chi connectivity index (χ1n) is 2.25. The van der Waals surface area contributed by atoms with Crippen LogP contribution in [0.15, 0.2) is 0 Å². The molecule has 1 rings (SSSR count). The van der Waals surface area contributed by atoms with Crippen LogP contribution in [0.4, 0.5) is 0 Å². The van der Waals surface area contributed by atoms with Gasteiger partial charge >= 0.3 is 0 Å². The van der Waals surface area contributed by atoms with Crippen LogP contribution >= 0.6 is 0 Å². The van der Waals surface area contributed by atoms with E-state index in [4.69, 9.17) is 9.57 Å². The lowest BCUT2D eigenvalue weighted by atomic mass is 10.4. The van der Waals surface area contributed by atoms with Gasteiger partial charge in [-0.15, -0.1) is 0 Å². The van der Waals surface area contributed by atoms with Crippen molar-refractivity contribution in [3.63, 3.8) is 0 Å². The molecule has 1 fully saturated rings. The van der Waals surface area contributed by atoms with E-state index < -0.39 is 5.79 Å². The van der Waals surface area contributed by atoms with Crippen molar-refractivity contribution in [1.82, 2.24) is 5.48 Å². The fourth-order valence-corrected chi connectivity index (χ4v) is 0.436. The Morgan fingerprint density at radius 2 is 2.29 bits per heavy atom. The molecule has 1 aliphatic rings. The Kier molecular flexibility index (Phi) is 1.03. The maximum atomic E-state index is 5.01. The maximum absolute atomic E-state index is 5.01. The van der Waals surface area contributed by atoms with Gasteiger partial charge < -0.3 is 4.74 Å². The molecule has 7 heavy (non-hydrogen) atoms. The summed E-state index contributed by atoms with van der Waals surface area (Å²) in [6.07, 6.45) is 0. The Balaban J connectivity index is 2.40. The second kappa shape index (κ2) is 1.43. The zero-order valence-corrected chi connectivity index (χ0v) is 4.52. The van der Waals surface area contributed by atoms with Crippen molar-refractivity contribution in [2.75, 3.05) is 6.73 Å². The van der Waals surface area contributed by atoms with Crippen LogP contribution in [0, 0.1) is 0 Å². The lowest BCUT2D eigenvalue weighted by molar-refractivity contribution is -0.143. The van der Waals surface area contributed by atoms with Crippen molar-refractivity contribution in [2.24, 2.45) is 0 Å². The first kappa shape index (κ1) is 5.03. The third kappa shape index (κ3) is 1.12. The number of nitrogens with one attached hydrogen (secondary N) is 1. The fraction of sp³-hybridized carbons (Fsp3) is 1.00. The highest BCUT2D eigenvalue weighted by molar-refractivity contribution is 4.53. The number of hydrogen-bond acceptors (Lipinski definition) is 3. The predicted molar refractivity (Wildman–Crippen MR) is 24.3 cm³/mol.